The van der Waals surface area contributed by atoms with E-state index in [0.29, 0.717) is 6.04 Å². The standard InChI is InChI=1S/C17H28N4S.HI/c1-3-4-5-10-19-17(18-2)20-14-15(16-9-8-13-22-16)21-11-6-7-12-21;/h3-4,8-9,13,15H,5-7,10-12,14H2,1-2H3,(H2,18,19,20);1H. The smallest absolute Gasteiger partial charge is 0.191 e. The van der Waals surface area contributed by atoms with Gasteiger partial charge in [0.1, 0.15) is 0 Å². The van der Waals surface area contributed by atoms with Crippen molar-refractivity contribution in [1.82, 2.24) is 15.5 Å². The van der Waals surface area contributed by atoms with Crippen LogP contribution in [0, 0.1) is 0 Å². The molecular formula is C17H29IN4S. The number of nitrogens with zero attached hydrogens (tertiary/aromatic N) is 2. The summed E-state index contributed by atoms with van der Waals surface area (Å²) in [5.74, 6) is 0.894. The average Bonchev–Trinajstić information content (AvgIpc) is 3.23. The highest BCUT2D eigenvalue weighted by Crippen LogP contribution is 2.27. The first-order chi connectivity index (χ1) is 10.8. The normalized spacial score (nSPS) is 17.2. The minimum Gasteiger partial charge on any atom is -0.356 e. The minimum absolute atomic E-state index is 0. The van der Waals surface area contributed by atoms with Gasteiger partial charge in [0.05, 0.1) is 6.04 Å². The third-order valence-corrected chi connectivity index (χ3v) is 4.95. The lowest BCUT2D eigenvalue weighted by Crippen LogP contribution is -2.42. The van der Waals surface area contributed by atoms with Crippen LogP contribution in [0.2, 0.25) is 0 Å². The van der Waals surface area contributed by atoms with E-state index in [1.54, 1.807) is 0 Å². The van der Waals surface area contributed by atoms with Gasteiger partial charge in [-0.2, -0.15) is 0 Å². The molecule has 4 nitrogen and oxygen atoms in total. The van der Waals surface area contributed by atoms with Crippen LogP contribution in [0.25, 0.3) is 0 Å². The van der Waals surface area contributed by atoms with Crippen LogP contribution in [0.5, 0.6) is 0 Å². The van der Waals surface area contributed by atoms with Crippen molar-refractivity contribution < 1.29 is 0 Å². The summed E-state index contributed by atoms with van der Waals surface area (Å²) in [6, 6.07) is 4.85. The van der Waals surface area contributed by atoms with Crippen molar-refractivity contribution in [2.45, 2.75) is 32.2 Å². The molecule has 1 aliphatic heterocycles. The van der Waals surface area contributed by atoms with Crippen molar-refractivity contribution in [2.24, 2.45) is 4.99 Å². The van der Waals surface area contributed by atoms with Crippen molar-refractivity contribution in [1.29, 1.82) is 0 Å². The van der Waals surface area contributed by atoms with E-state index < -0.39 is 0 Å². The maximum absolute atomic E-state index is 4.32. The lowest BCUT2D eigenvalue weighted by Gasteiger charge is -2.27. The first-order valence-electron chi connectivity index (χ1n) is 8.18. The highest BCUT2D eigenvalue weighted by Gasteiger charge is 2.24. The van der Waals surface area contributed by atoms with Crippen LogP contribution in [0.1, 0.15) is 37.1 Å². The van der Waals surface area contributed by atoms with E-state index in [1.807, 2.05) is 18.4 Å². The van der Waals surface area contributed by atoms with E-state index in [4.69, 9.17) is 0 Å². The molecule has 1 atom stereocenters. The molecule has 1 aromatic rings. The number of guanidine groups is 1. The first-order valence-corrected chi connectivity index (χ1v) is 9.06. The second-order valence-corrected chi connectivity index (χ2v) is 6.49. The van der Waals surface area contributed by atoms with Gasteiger partial charge in [0.2, 0.25) is 0 Å². The van der Waals surface area contributed by atoms with Gasteiger partial charge in [-0.25, -0.2) is 0 Å². The number of rotatable bonds is 7. The van der Waals surface area contributed by atoms with E-state index in [1.165, 1.54) is 30.8 Å². The third kappa shape index (κ3) is 6.81. The monoisotopic (exact) mass is 448 g/mol. The highest BCUT2D eigenvalue weighted by atomic mass is 127. The molecule has 1 aliphatic rings. The first kappa shape index (κ1) is 20.4. The number of nitrogens with one attached hydrogen (secondary N) is 2. The Balaban J connectivity index is 0.00000264. The summed E-state index contributed by atoms with van der Waals surface area (Å²) >= 11 is 1.85. The van der Waals surface area contributed by atoms with Gasteiger partial charge in [0.25, 0.3) is 0 Å². The van der Waals surface area contributed by atoms with Gasteiger partial charge < -0.3 is 10.6 Å². The zero-order valence-electron chi connectivity index (χ0n) is 14.1. The number of likely N-dealkylation sites (tertiary alicyclic amines) is 1. The number of allylic oxidation sites excluding steroid dienone is 1. The molecule has 2 rings (SSSR count). The molecule has 23 heavy (non-hydrogen) atoms. The van der Waals surface area contributed by atoms with Crippen LogP contribution < -0.4 is 10.6 Å². The largest absolute Gasteiger partial charge is 0.356 e. The Morgan fingerprint density at radius 3 is 2.78 bits per heavy atom. The summed E-state index contributed by atoms with van der Waals surface area (Å²) in [6.45, 7) is 6.28. The summed E-state index contributed by atoms with van der Waals surface area (Å²) in [4.78, 5) is 8.35. The number of hydrogen-bond acceptors (Lipinski definition) is 3. The number of halogens is 1. The molecule has 1 unspecified atom stereocenters. The number of hydrogen-bond donors (Lipinski definition) is 2. The summed E-state index contributed by atoms with van der Waals surface area (Å²) in [7, 11) is 1.83. The van der Waals surface area contributed by atoms with E-state index >= 15 is 0 Å². The molecule has 0 aromatic carbocycles. The maximum Gasteiger partial charge on any atom is 0.191 e. The molecule has 0 radical (unpaired) electrons. The highest BCUT2D eigenvalue weighted by molar-refractivity contribution is 14.0. The quantitative estimate of drug-likeness (QED) is 0.220. The van der Waals surface area contributed by atoms with Gasteiger partial charge in [-0.1, -0.05) is 18.2 Å². The van der Waals surface area contributed by atoms with Gasteiger partial charge in [0, 0.05) is 25.0 Å². The van der Waals surface area contributed by atoms with Crippen LogP contribution in [0.3, 0.4) is 0 Å². The zero-order valence-corrected chi connectivity index (χ0v) is 17.3. The molecule has 0 amide bonds. The molecule has 1 fully saturated rings. The molecule has 0 aliphatic carbocycles. The van der Waals surface area contributed by atoms with E-state index in [9.17, 15) is 0 Å². The summed E-state index contributed by atoms with van der Waals surface area (Å²) < 4.78 is 0. The zero-order chi connectivity index (χ0) is 15.6. The summed E-state index contributed by atoms with van der Waals surface area (Å²) in [6.07, 6.45) is 7.91. The van der Waals surface area contributed by atoms with Crippen LogP contribution in [0.15, 0.2) is 34.7 Å². The van der Waals surface area contributed by atoms with Crippen molar-refractivity contribution in [3.05, 3.63) is 34.5 Å². The Morgan fingerprint density at radius 1 is 1.39 bits per heavy atom. The topological polar surface area (TPSA) is 39.7 Å². The number of aliphatic imine (C=N–C) groups is 1. The van der Waals surface area contributed by atoms with Gasteiger partial charge >= 0.3 is 0 Å². The molecule has 1 saturated heterocycles. The fourth-order valence-electron chi connectivity index (χ4n) is 2.80. The van der Waals surface area contributed by atoms with E-state index in [-0.39, 0.29) is 24.0 Å². The molecule has 130 valence electrons. The van der Waals surface area contributed by atoms with E-state index in [2.05, 4.69) is 57.1 Å². The minimum atomic E-state index is 0. The lowest BCUT2D eigenvalue weighted by molar-refractivity contribution is 0.249. The third-order valence-electron chi connectivity index (χ3n) is 3.98. The molecule has 2 N–H and O–H groups in total. The molecule has 0 spiro atoms. The molecule has 6 heteroatoms. The maximum atomic E-state index is 4.32. The summed E-state index contributed by atoms with van der Waals surface area (Å²) in [5.41, 5.74) is 0. The average molecular weight is 448 g/mol. The Bertz CT molecular complexity index is 467. The lowest BCUT2D eigenvalue weighted by atomic mass is 10.2. The van der Waals surface area contributed by atoms with Crippen molar-refractivity contribution in [2.75, 3.05) is 33.2 Å². The molecule has 1 aromatic heterocycles. The fourth-order valence-corrected chi connectivity index (χ4v) is 3.66. The molecule has 0 saturated carbocycles. The van der Waals surface area contributed by atoms with Gasteiger partial charge in [-0.3, -0.25) is 9.89 Å². The Kier molecular flexibility index (Phi) is 10.5. The van der Waals surface area contributed by atoms with Crippen LogP contribution in [-0.4, -0.2) is 44.1 Å². The predicted octanol–water partition coefficient (Wildman–Crippen LogP) is 3.63. The Labute approximate surface area is 161 Å². The Hall–Kier alpha value is -0.600. The fraction of sp³-hybridized carbons (Fsp3) is 0.588. The second-order valence-electron chi connectivity index (χ2n) is 5.51. The molecular weight excluding hydrogens is 419 g/mol. The SMILES string of the molecule is CC=CCCNC(=NC)NCC(c1cccs1)N1CCCC1.I. The molecule has 2 heterocycles. The number of thiophene rings is 1. The van der Waals surface area contributed by atoms with E-state index in [0.717, 1.165) is 25.5 Å². The van der Waals surface area contributed by atoms with Crippen molar-refractivity contribution in [3.63, 3.8) is 0 Å². The summed E-state index contributed by atoms with van der Waals surface area (Å²) in [5, 5.41) is 9.03. The van der Waals surface area contributed by atoms with Gasteiger partial charge in [-0.15, -0.1) is 35.3 Å². The second kappa shape index (κ2) is 11.9. The Morgan fingerprint density at radius 2 is 2.17 bits per heavy atom. The van der Waals surface area contributed by atoms with Gasteiger partial charge in [0.15, 0.2) is 5.96 Å². The van der Waals surface area contributed by atoms with Crippen LogP contribution >= 0.6 is 35.3 Å². The predicted molar refractivity (Wildman–Crippen MR) is 112 cm³/mol. The van der Waals surface area contributed by atoms with Gasteiger partial charge in [-0.05, 0) is 50.7 Å². The van der Waals surface area contributed by atoms with Crippen molar-refractivity contribution >= 4 is 41.3 Å². The van der Waals surface area contributed by atoms with Crippen LogP contribution in [0.4, 0.5) is 0 Å². The van der Waals surface area contributed by atoms with Crippen molar-refractivity contribution in [3.8, 4) is 0 Å². The van der Waals surface area contributed by atoms with Crippen LogP contribution in [-0.2, 0) is 0 Å². The molecule has 0 bridgehead atoms.